The third-order valence-electron chi connectivity index (χ3n) is 4.38. The van der Waals surface area contributed by atoms with Gasteiger partial charge in [-0.1, -0.05) is 25.1 Å². The lowest BCUT2D eigenvalue weighted by molar-refractivity contribution is -0.128. The van der Waals surface area contributed by atoms with Gasteiger partial charge in [0.2, 0.25) is 5.91 Å². The van der Waals surface area contributed by atoms with Gasteiger partial charge in [0.15, 0.2) is 0 Å². The Bertz CT molecular complexity index is 789. The number of carbonyl (C=O) groups is 2. The number of hydrogen-bond donors (Lipinski definition) is 2. The summed E-state index contributed by atoms with van der Waals surface area (Å²) in [5, 5.41) is 5.89. The van der Waals surface area contributed by atoms with Gasteiger partial charge in [-0.3, -0.25) is 9.78 Å². The predicted octanol–water partition coefficient (Wildman–Crippen LogP) is 3.68. The lowest BCUT2D eigenvalue weighted by Gasteiger charge is -2.18. The number of rotatable bonds is 7. The van der Waals surface area contributed by atoms with E-state index in [2.05, 4.69) is 15.6 Å². The van der Waals surface area contributed by atoms with E-state index in [0.717, 1.165) is 23.2 Å². The number of benzene rings is 1. The Morgan fingerprint density at radius 1 is 1.19 bits per heavy atom. The van der Waals surface area contributed by atoms with E-state index in [1.165, 1.54) is 0 Å². The zero-order valence-corrected chi connectivity index (χ0v) is 16.5. The molecule has 6 heteroatoms. The Kier molecular flexibility index (Phi) is 7.34. The van der Waals surface area contributed by atoms with E-state index in [1.54, 1.807) is 25.2 Å². The smallest absolute Gasteiger partial charge is 0.319 e. The van der Waals surface area contributed by atoms with Gasteiger partial charge >= 0.3 is 6.03 Å². The van der Waals surface area contributed by atoms with Gasteiger partial charge in [-0.15, -0.1) is 0 Å². The first-order chi connectivity index (χ1) is 12.9. The number of anilines is 1. The number of hydrogen-bond acceptors (Lipinski definition) is 3. The average Bonchev–Trinajstić information content (AvgIpc) is 2.65. The molecule has 1 aromatic carbocycles. The molecular formula is C21H28N4O2. The van der Waals surface area contributed by atoms with Crippen LogP contribution in [0.4, 0.5) is 10.5 Å². The van der Waals surface area contributed by atoms with Gasteiger partial charge in [-0.2, -0.15) is 0 Å². The van der Waals surface area contributed by atoms with Gasteiger partial charge < -0.3 is 15.5 Å². The van der Waals surface area contributed by atoms with Gasteiger partial charge in [0.05, 0.1) is 11.7 Å². The quantitative estimate of drug-likeness (QED) is 0.783. The summed E-state index contributed by atoms with van der Waals surface area (Å²) in [4.78, 5) is 30.3. The number of para-hydroxylation sites is 1. The highest BCUT2D eigenvalue weighted by atomic mass is 16.2. The molecule has 3 amide bonds. The molecule has 6 nitrogen and oxygen atoms in total. The van der Waals surface area contributed by atoms with Crippen LogP contribution in [-0.2, 0) is 11.2 Å². The minimum absolute atomic E-state index is 0.0609. The van der Waals surface area contributed by atoms with Gasteiger partial charge in [-0.25, -0.2) is 4.79 Å². The summed E-state index contributed by atoms with van der Waals surface area (Å²) in [7, 11) is 3.48. The number of nitrogens with zero attached hydrogens (tertiary/aromatic N) is 2. The fraction of sp³-hybridized carbons (Fsp3) is 0.381. The topological polar surface area (TPSA) is 74.3 Å². The molecule has 1 heterocycles. The molecule has 0 bridgehead atoms. The van der Waals surface area contributed by atoms with Gasteiger partial charge in [0.1, 0.15) is 0 Å². The molecule has 1 atom stereocenters. The highest BCUT2D eigenvalue weighted by Gasteiger charge is 2.15. The van der Waals surface area contributed by atoms with E-state index in [0.29, 0.717) is 18.5 Å². The Hall–Kier alpha value is -2.89. The highest BCUT2D eigenvalue weighted by Crippen LogP contribution is 2.19. The fourth-order valence-electron chi connectivity index (χ4n) is 2.78. The van der Waals surface area contributed by atoms with Crippen LogP contribution in [0.3, 0.4) is 0 Å². The molecule has 144 valence electrons. The van der Waals surface area contributed by atoms with Crippen molar-refractivity contribution in [2.24, 2.45) is 0 Å². The number of aromatic nitrogens is 1. The van der Waals surface area contributed by atoms with Crippen molar-refractivity contribution in [3.05, 3.63) is 59.4 Å². The molecule has 1 aromatic heterocycles. The van der Waals surface area contributed by atoms with Crippen molar-refractivity contribution in [1.82, 2.24) is 15.2 Å². The van der Waals surface area contributed by atoms with Crippen molar-refractivity contribution in [1.29, 1.82) is 0 Å². The molecule has 0 radical (unpaired) electrons. The van der Waals surface area contributed by atoms with Gasteiger partial charge in [-0.05, 0) is 49.1 Å². The van der Waals surface area contributed by atoms with Crippen LogP contribution >= 0.6 is 0 Å². The van der Waals surface area contributed by atoms with Crippen LogP contribution in [0, 0.1) is 6.92 Å². The maximum atomic E-state index is 12.5. The van der Waals surface area contributed by atoms with E-state index < -0.39 is 0 Å². The summed E-state index contributed by atoms with van der Waals surface area (Å²) < 4.78 is 0. The summed E-state index contributed by atoms with van der Waals surface area (Å²) >= 11 is 0. The van der Waals surface area contributed by atoms with E-state index >= 15 is 0 Å². The summed E-state index contributed by atoms with van der Waals surface area (Å²) in [6.45, 7) is 4.01. The Balaban J connectivity index is 2.03. The minimum atomic E-state index is -0.281. The van der Waals surface area contributed by atoms with Gasteiger partial charge in [0, 0.05) is 32.4 Å². The second kappa shape index (κ2) is 9.71. The van der Waals surface area contributed by atoms with Crippen LogP contribution in [0.25, 0.3) is 0 Å². The first kappa shape index (κ1) is 20.4. The first-order valence-electron chi connectivity index (χ1n) is 9.18. The molecule has 0 saturated heterocycles. The van der Waals surface area contributed by atoms with Crippen molar-refractivity contribution in [2.75, 3.05) is 19.4 Å². The molecule has 27 heavy (non-hydrogen) atoms. The molecule has 0 fully saturated rings. The molecule has 0 aliphatic rings. The van der Waals surface area contributed by atoms with E-state index in [4.69, 9.17) is 0 Å². The zero-order valence-electron chi connectivity index (χ0n) is 16.5. The van der Waals surface area contributed by atoms with Crippen LogP contribution in [-0.4, -0.2) is 35.9 Å². The van der Waals surface area contributed by atoms with Crippen molar-refractivity contribution >= 4 is 17.6 Å². The minimum Gasteiger partial charge on any atom is -0.349 e. The third-order valence-corrected chi connectivity index (χ3v) is 4.38. The number of pyridine rings is 1. The summed E-state index contributed by atoms with van der Waals surface area (Å²) in [6.07, 6.45) is 3.47. The van der Waals surface area contributed by atoms with E-state index in [-0.39, 0.29) is 18.0 Å². The van der Waals surface area contributed by atoms with E-state index in [1.807, 2.05) is 50.2 Å². The van der Waals surface area contributed by atoms with Crippen LogP contribution < -0.4 is 10.6 Å². The van der Waals surface area contributed by atoms with Crippen molar-refractivity contribution in [2.45, 2.75) is 39.2 Å². The molecule has 2 N–H and O–H groups in total. The third kappa shape index (κ3) is 6.09. The summed E-state index contributed by atoms with van der Waals surface area (Å²) in [6, 6.07) is 11.0. The normalized spacial score (nSPS) is 11.6. The standard InChI is InChI=1S/C21H28N4O2/c1-5-17(19-14-15(2)12-13-22-19)23-21(27)24-18-9-7-6-8-16(18)10-11-20(26)25(3)4/h6-9,12-14,17H,5,10-11H2,1-4H3,(H2,23,24,27)/t17-/m0/s1. The van der Waals surface area contributed by atoms with Crippen LogP contribution in [0.1, 0.15) is 42.6 Å². The Labute approximate surface area is 161 Å². The number of amides is 3. The monoisotopic (exact) mass is 368 g/mol. The van der Waals surface area contributed by atoms with Crippen molar-refractivity contribution in [3.8, 4) is 0 Å². The van der Waals surface area contributed by atoms with Gasteiger partial charge in [0.25, 0.3) is 0 Å². The van der Waals surface area contributed by atoms with Crippen LogP contribution in [0.15, 0.2) is 42.6 Å². The molecule has 0 aliphatic heterocycles. The second-order valence-corrected chi connectivity index (χ2v) is 6.76. The first-order valence-corrected chi connectivity index (χ1v) is 9.18. The highest BCUT2D eigenvalue weighted by molar-refractivity contribution is 5.90. The molecule has 2 rings (SSSR count). The number of aryl methyl sites for hydroxylation is 2. The Morgan fingerprint density at radius 3 is 2.59 bits per heavy atom. The lowest BCUT2D eigenvalue weighted by atomic mass is 10.1. The SMILES string of the molecule is CC[C@H](NC(=O)Nc1ccccc1CCC(=O)N(C)C)c1cc(C)ccn1. The maximum absolute atomic E-state index is 12.5. The van der Waals surface area contributed by atoms with Crippen LogP contribution in [0.2, 0.25) is 0 Å². The largest absolute Gasteiger partial charge is 0.349 e. The second-order valence-electron chi connectivity index (χ2n) is 6.76. The molecular weight excluding hydrogens is 340 g/mol. The molecule has 0 spiro atoms. The lowest BCUT2D eigenvalue weighted by Crippen LogP contribution is -2.33. The number of urea groups is 1. The summed E-state index contributed by atoms with van der Waals surface area (Å²) in [5.41, 5.74) is 3.60. The average molecular weight is 368 g/mol. The van der Waals surface area contributed by atoms with Crippen molar-refractivity contribution in [3.63, 3.8) is 0 Å². The van der Waals surface area contributed by atoms with Crippen molar-refractivity contribution < 1.29 is 9.59 Å². The molecule has 0 aliphatic carbocycles. The van der Waals surface area contributed by atoms with Crippen LogP contribution in [0.5, 0.6) is 0 Å². The summed E-state index contributed by atoms with van der Waals surface area (Å²) in [5.74, 6) is 0.0609. The fourth-order valence-corrected chi connectivity index (χ4v) is 2.78. The molecule has 0 unspecified atom stereocenters. The Morgan fingerprint density at radius 2 is 1.93 bits per heavy atom. The predicted molar refractivity (Wildman–Crippen MR) is 108 cm³/mol. The maximum Gasteiger partial charge on any atom is 0.319 e. The number of carbonyl (C=O) groups excluding carboxylic acids is 2. The molecule has 0 saturated carbocycles. The molecule has 2 aromatic rings. The zero-order chi connectivity index (χ0) is 19.8. The van der Waals surface area contributed by atoms with E-state index in [9.17, 15) is 9.59 Å². The number of nitrogens with one attached hydrogen (secondary N) is 2.